The number of thiophene rings is 1. The van der Waals surface area contributed by atoms with E-state index in [1.54, 1.807) is 11.3 Å². The molecule has 0 N–H and O–H groups in total. The highest BCUT2D eigenvalue weighted by atomic mass is 32.1. The molecule has 0 saturated heterocycles. The lowest BCUT2D eigenvalue weighted by atomic mass is 10.6. The smallest absolute Gasteiger partial charge is 0.129 e. The molecule has 8 heavy (non-hydrogen) atoms. The van der Waals surface area contributed by atoms with E-state index in [0.29, 0.717) is 6.61 Å². The molecule has 0 atom stereocenters. The molecule has 0 aliphatic heterocycles. The Bertz CT molecular complexity index is 134. The first-order chi connectivity index (χ1) is 3.93. The van der Waals surface area contributed by atoms with Crippen molar-refractivity contribution >= 4 is 11.3 Å². The lowest BCUT2D eigenvalue weighted by Crippen LogP contribution is -1.87. The lowest BCUT2D eigenvalue weighted by molar-refractivity contribution is 0.362. The monoisotopic (exact) mass is 127 g/mol. The van der Waals surface area contributed by atoms with Crippen LogP contribution >= 0.6 is 11.3 Å². The molecule has 43 valence electrons. The van der Waals surface area contributed by atoms with Gasteiger partial charge in [0.15, 0.2) is 0 Å². The van der Waals surface area contributed by atoms with Crippen molar-refractivity contribution in [2.45, 2.75) is 0 Å². The van der Waals surface area contributed by atoms with Crippen LogP contribution in [0.5, 0.6) is 5.75 Å². The molecule has 0 saturated carbocycles. The topological polar surface area (TPSA) is 9.23 Å². The minimum absolute atomic E-state index is 0.511. The van der Waals surface area contributed by atoms with Crippen molar-refractivity contribution in [3.8, 4) is 5.75 Å². The van der Waals surface area contributed by atoms with Gasteiger partial charge in [0.2, 0.25) is 0 Å². The lowest BCUT2D eigenvalue weighted by Gasteiger charge is -1.94. The molecule has 1 heterocycles. The van der Waals surface area contributed by atoms with E-state index in [1.165, 1.54) is 0 Å². The van der Waals surface area contributed by atoms with E-state index in [-0.39, 0.29) is 0 Å². The molecule has 0 unspecified atom stereocenters. The molecule has 1 aromatic rings. The van der Waals surface area contributed by atoms with Gasteiger partial charge in [-0.3, -0.25) is 0 Å². The maximum atomic E-state index is 5.05. The van der Waals surface area contributed by atoms with Gasteiger partial charge in [0, 0.05) is 5.38 Å². The summed E-state index contributed by atoms with van der Waals surface area (Å²) in [7, 11) is 0. The molecular formula is C6H7OS. The van der Waals surface area contributed by atoms with E-state index in [0.717, 1.165) is 5.75 Å². The first kappa shape index (κ1) is 5.63. The van der Waals surface area contributed by atoms with Crippen molar-refractivity contribution in [1.29, 1.82) is 0 Å². The summed E-state index contributed by atoms with van der Waals surface area (Å²) in [5, 5.41) is 3.93. The predicted molar refractivity (Wildman–Crippen MR) is 35.2 cm³/mol. The molecule has 0 aliphatic carbocycles. The maximum absolute atomic E-state index is 5.05. The molecular weight excluding hydrogens is 120 g/mol. The Morgan fingerprint density at radius 2 is 2.62 bits per heavy atom. The second-order valence-electron chi connectivity index (χ2n) is 1.31. The molecule has 0 aromatic carbocycles. The third-order valence-electron chi connectivity index (χ3n) is 0.764. The fourth-order valence-corrected chi connectivity index (χ4v) is 1.02. The van der Waals surface area contributed by atoms with Gasteiger partial charge in [0.05, 0.1) is 6.61 Å². The van der Waals surface area contributed by atoms with Crippen LogP contribution in [0, 0.1) is 6.92 Å². The summed E-state index contributed by atoms with van der Waals surface area (Å²) >= 11 is 1.63. The van der Waals surface area contributed by atoms with Crippen LogP contribution in [-0.2, 0) is 0 Å². The Hall–Kier alpha value is -0.500. The van der Waals surface area contributed by atoms with Crippen LogP contribution in [0.3, 0.4) is 0 Å². The van der Waals surface area contributed by atoms with E-state index >= 15 is 0 Å². The molecule has 0 bridgehead atoms. The number of hydrogen-bond acceptors (Lipinski definition) is 2. The Morgan fingerprint density at radius 1 is 1.75 bits per heavy atom. The molecule has 0 amide bonds. The second kappa shape index (κ2) is 2.72. The minimum atomic E-state index is 0.511. The van der Waals surface area contributed by atoms with Crippen molar-refractivity contribution in [3.05, 3.63) is 23.8 Å². The van der Waals surface area contributed by atoms with Gasteiger partial charge in [-0.1, -0.05) is 0 Å². The normalized spacial score (nSPS) is 9.12. The average Bonchev–Trinajstić information content (AvgIpc) is 2.19. The largest absolute Gasteiger partial charge is 0.493 e. The van der Waals surface area contributed by atoms with Gasteiger partial charge < -0.3 is 4.74 Å². The van der Waals surface area contributed by atoms with E-state index in [4.69, 9.17) is 4.74 Å². The van der Waals surface area contributed by atoms with E-state index in [1.807, 2.05) is 16.8 Å². The zero-order chi connectivity index (χ0) is 5.82. The molecule has 0 spiro atoms. The summed E-state index contributed by atoms with van der Waals surface area (Å²) in [6, 6.07) is 1.93. The van der Waals surface area contributed by atoms with Gasteiger partial charge in [-0.2, -0.15) is 0 Å². The van der Waals surface area contributed by atoms with Crippen LogP contribution < -0.4 is 4.74 Å². The Kier molecular flexibility index (Phi) is 1.92. The first-order valence-corrected chi connectivity index (χ1v) is 3.32. The quantitative estimate of drug-likeness (QED) is 0.590. The molecule has 1 aromatic heterocycles. The zero-order valence-corrected chi connectivity index (χ0v) is 5.28. The summed E-state index contributed by atoms with van der Waals surface area (Å²) in [5.41, 5.74) is 0. The SMILES string of the molecule is [CH2]COc1ccsc1. The van der Waals surface area contributed by atoms with Crippen LogP contribution in [0.4, 0.5) is 0 Å². The summed E-state index contributed by atoms with van der Waals surface area (Å²) in [6.07, 6.45) is 0. The maximum Gasteiger partial charge on any atom is 0.129 e. The van der Waals surface area contributed by atoms with Gasteiger partial charge in [-0.15, -0.1) is 11.3 Å². The van der Waals surface area contributed by atoms with Crippen molar-refractivity contribution in [3.63, 3.8) is 0 Å². The summed E-state index contributed by atoms with van der Waals surface area (Å²) < 4.78 is 5.05. The van der Waals surface area contributed by atoms with Crippen molar-refractivity contribution in [2.75, 3.05) is 6.61 Å². The Morgan fingerprint density at radius 3 is 3.12 bits per heavy atom. The van der Waals surface area contributed by atoms with Crippen LogP contribution in [-0.4, -0.2) is 6.61 Å². The highest BCUT2D eigenvalue weighted by molar-refractivity contribution is 7.08. The molecule has 2 heteroatoms. The third kappa shape index (κ3) is 1.23. The van der Waals surface area contributed by atoms with Gasteiger partial charge >= 0.3 is 0 Å². The average molecular weight is 127 g/mol. The number of hydrogen-bond donors (Lipinski definition) is 0. The van der Waals surface area contributed by atoms with Crippen molar-refractivity contribution in [2.24, 2.45) is 0 Å². The van der Waals surface area contributed by atoms with Gasteiger partial charge in [0.1, 0.15) is 5.75 Å². The van der Waals surface area contributed by atoms with Crippen LogP contribution in [0.1, 0.15) is 0 Å². The van der Waals surface area contributed by atoms with Crippen LogP contribution in [0.25, 0.3) is 0 Å². The highest BCUT2D eigenvalue weighted by Gasteiger charge is 1.86. The number of rotatable bonds is 2. The van der Waals surface area contributed by atoms with Crippen molar-refractivity contribution < 1.29 is 4.74 Å². The summed E-state index contributed by atoms with van der Waals surface area (Å²) in [4.78, 5) is 0. The van der Waals surface area contributed by atoms with Crippen LogP contribution in [0.15, 0.2) is 16.8 Å². The second-order valence-corrected chi connectivity index (χ2v) is 2.09. The van der Waals surface area contributed by atoms with Gasteiger partial charge in [-0.05, 0) is 18.4 Å². The predicted octanol–water partition coefficient (Wildman–Crippen LogP) is 1.96. The first-order valence-electron chi connectivity index (χ1n) is 2.37. The minimum Gasteiger partial charge on any atom is -0.493 e. The van der Waals surface area contributed by atoms with Crippen LogP contribution in [0.2, 0.25) is 0 Å². The molecule has 1 rings (SSSR count). The van der Waals surface area contributed by atoms with Gasteiger partial charge in [-0.25, -0.2) is 0 Å². The Labute approximate surface area is 52.9 Å². The number of ether oxygens (including phenoxy) is 1. The standard InChI is InChI=1S/C6H7OS/c1-2-7-6-3-4-8-5-6/h3-5H,1-2H2. The molecule has 1 radical (unpaired) electrons. The molecule has 0 aliphatic rings. The summed E-state index contributed by atoms with van der Waals surface area (Å²) in [6.45, 7) is 4.05. The fraction of sp³-hybridized carbons (Fsp3) is 0.167. The third-order valence-corrected chi connectivity index (χ3v) is 1.43. The van der Waals surface area contributed by atoms with Gasteiger partial charge in [0.25, 0.3) is 0 Å². The van der Waals surface area contributed by atoms with E-state index in [9.17, 15) is 0 Å². The Balaban J connectivity index is 2.50. The fourth-order valence-electron chi connectivity index (χ4n) is 0.452. The molecule has 1 nitrogen and oxygen atoms in total. The van der Waals surface area contributed by atoms with Crippen molar-refractivity contribution in [1.82, 2.24) is 0 Å². The van der Waals surface area contributed by atoms with E-state index < -0.39 is 0 Å². The highest BCUT2D eigenvalue weighted by Crippen LogP contribution is 2.13. The molecule has 0 fully saturated rings. The van der Waals surface area contributed by atoms with E-state index in [2.05, 4.69) is 6.92 Å². The summed E-state index contributed by atoms with van der Waals surface area (Å²) in [5.74, 6) is 0.921. The zero-order valence-electron chi connectivity index (χ0n) is 4.46.